The quantitative estimate of drug-likeness (QED) is 0.179. The van der Waals surface area contributed by atoms with E-state index in [4.69, 9.17) is 0 Å². The van der Waals surface area contributed by atoms with Gasteiger partial charge in [0.25, 0.3) is 0 Å². The van der Waals surface area contributed by atoms with Gasteiger partial charge in [0.2, 0.25) is 0 Å². The molecule has 0 fully saturated rings. The van der Waals surface area contributed by atoms with Crippen LogP contribution in [0.4, 0.5) is 0 Å². The molecule has 0 bridgehead atoms. The van der Waals surface area contributed by atoms with Gasteiger partial charge in [-0.1, -0.05) is 166 Å². The molecule has 0 aliphatic heterocycles. The molecule has 0 aliphatic rings. The highest BCUT2D eigenvalue weighted by molar-refractivity contribution is 6.22. The Balaban J connectivity index is 1.48. The van der Waals surface area contributed by atoms with Crippen LogP contribution in [0, 0.1) is 0 Å². The first-order valence-corrected chi connectivity index (χ1v) is 16.2. The second-order valence-electron chi connectivity index (χ2n) is 13.4. The lowest BCUT2D eigenvalue weighted by atomic mass is 9.80. The smallest absolute Gasteiger partial charge is 0.00259 e. The number of hydrogen-bond acceptors (Lipinski definition) is 0. The van der Waals surface area contributed by atoms with Crippen LogP contribution < -0.4 is 0 Å². The lowest BCUT2D eigenvalue weighted by molar-refractivity contribution is 0.591. The van der Waals surface area contributed by atoms with Gasteiger partial charge in [0.05, 0.1) is 0 Å². The Morgan fingerprint density at radius 2 is 0.783 bits per heavy atom. The molecule has 0 N–H and O–H groups in total. The van der Waals surface area contributed by atoms with E-state index in [9.17, 15) is 0 Å². The first kappa shape index (κ1) is 28.0. The summed E-state index contributed by atoms with van der Waals surface area (Å²) in [6.45, 7) is 6.92. The van der Waals surface area contributed by atoms with Gasteiger partial charge < -0.3 is 0 Å². The molecule has 0 aromatic heterocycles. The summed E-state index contributed by atoms with van der Waals surface area (Å²) in [4.78, 5) is 0. The number of hydrogen-bond donors (Lipinski definition) is 0. The van der Waals surface area contributed by atoms with Crippen molar-refractivity contribution in [2.45, 2.75) is 26.2 Å². The minimum atomic E-state index is 0.0257. The van der Waals surface area contributed by atoms with Gasteiger partial charge in [0.15, 0.2) is 0 Å². The summed E-state index contributed by atoms with van der Waals surface area (Å²) in [6.07, 6.45) is 0. The average molecular weight is 589 g/mol. The topological polar surface area (TPSA) is 0 Å². The zero-order chi connectivity index (χ0) is 31.3. The van der Waals surface area contributed by atoms with Gasteiger partial charge >= 0.3 is 0 Å². The standard InChI is InChI=1S/C46H36/c1-46(2,3)39-25-27-41-43(30-39)44(35-21-18-34(19-22-35)31-12-6-4-7-13-31)40-26-24-37(32-14-8-5-9-15-32)29-42(40)45(41)38-23-20-33-16-10-11-17-36(33)28-38/h4-30H,1-3H3. The zero-order valence-electron chi connectivity index (χ0n) is 26.6. The summed E-state index contributed by atoms with van der Waals surface area (Å²) in [5.74, 6) is 0. The van der Waals surface area contributed by atoms with Crippen LogP contribution in [0.3, 0.4) is 0 Å². The molecule has 8 aromatic rings. The van der Waals surface area contributed by atoms with Crippen molar-refractivity contribution in [1.29, 1.82) is 0 Å². The van der Waals surface area contributed by atoms with E-state index in [1.807, 2.05) is 0 Å². The van der Waals surface area contributed by atoms with Crippen molar-refractivity contribution >= 4 is 32.3 Å². The molecule has 0 saturated heterocycles. The van der Waals surface area contributed by atoms with Crippen molar-refractivity contribution < 1.29 is 0 Å². The molecule has 46 heavy (non-hydrogen) atoms. The summed E-state index contributed by atoms with van der Waals surface area (Å²) in [5, 5.41) is 7.64. The summed E-state index contributed by atoms with van der Waals surface area (Å²) >= 11 is 0. The predicted molar refractivity (Wildman–Crippen MR) is 199 cm³/mol. The Morgan fingerprint density at radius 3 is 1.46 bits per heavy atom. The fourth-order valence-corrected chi connectivity index (χ4v) is 6.93. The van der Waals surface area contributed by atoms with E-state index in [2.05, 4.69) is 185 Å². The average Bonchev–Trinajstić information content (AvgIpc) is 3.10. The Labute approximate surface area is 271 Å². The van der Waals surface area contributed by atoms with Gasteiger partial charge in [-0.2, -0.15) is 0 Å². The molecule has 0 spiro atoms. The highest BCUT2D eigenvalue weighted by Crippen LogP contribution is 2.46. The van der Waals surface area contributed by atoms with E-state index < -0.39 is 0 Å². The summed E-state index contributed by atoms with van der Waals surface area (Å²) in [7, 11) is 0. The van der Waals surface area contributed by atoms with Gasteiger partial charge in [0.1, 0.15) is 0 Å². The van der Waals surface area contributed by atoms with E-state index in [0.29, 0.717) is 0 Å². The lowest BCUT2D eigenvalue weighted by Gasteiger charge is -2.23. The lowest BCUT2D eigenvalue weighted by Crippen LogP contribution is -2.10. The maximum Gasteiger partial charge on any atom is -0.00259 e. The van der Waals surface area contributed by atoms with E-state index in [1.165, 1.54) is 82.4 Å². The van der Waals surface area contributed by atoms with Crippen LogP contribution >= 0.6 is 0 Å². The molecule has 0 amide bonds. The maximum absolute atomic E-state index is 2.45. The van der Waals surface area contributed by atoms with Gasteiger partial charge in [-0.05, 0) is 106 Å². The predicted octanol–water partition coefficient (Wildman–Crippen LogP) is 13.1. The van der Waals surface area contributed by atoms with Crippen molar-refractivity contribution in [3.8, 4) is 44.5 Å². The number of fused-ring (bicyclic) bond motifs is 3. The fraction of sp³-hybridized carbons (Fsp3) is 0.0870. The minimum absolute atomic E-state index is 0.0257. The van der Waals surface area contributed by atoms with Crippen molar-refractivity contribution in [3.63, 3.8) is 0 Å². The van der Waals surface area contributed by atoms with Crippen LogP contribution in [0.15, 0.2) is 164 Å². The molecule has 8 aromatic carbocycles. The van der Waals surface area contributed by atoms with Crippen molar-refractivity contribution in [1.82, 2.24) is 0 Å². The molecule has 0 saturated carbocycles. The minimum Gasteiger partial charge on any atom is -0.0622 e. The molecule has 0 atom stereocenters. The normalized spacial score (nSPS) is 11.8. The summed E-state index contributed by atoms with van der Waals surface area (Å²) < 4.78 is 0. The molecule has 0 heterocycles. The van der Waals surface area contributed by atoms with Crippen molar-refractivity contribution in [2.24, 2.45) is 0 Å². The molecule has 0 unspecified atom stereocenters. The molecule has 0 nitrogen and oxygen atoms in total. The largest absolute Gasteiger partial charge is 0.0622 e. The van der Waals surface area contributed by atoms with Crippen LogP contribution in [-0.2, 0) is 5.41 Å². The van der Waals surface area contributed by atoms with E-state index in [-0.39, 0.29) is 5.41 Å². The molecular weight excluding hydrogens is 553 g/mol. The van der Waals surface area contributed by atoms with E-state index in [0.717, 1.165) is 0 Å². The molecule has 8 rings (SSSR count). The van der Waals surface area contributed by atoms with Gasteiger partial charge in [-0.3, -0.25) is 0 Å². The maximum atomic E-state index is 2.45. The van der Waals surface area contributed by atoms with E-state index >= 15 is 0 Å². The zero-order valence-corrected chi connectivity index (χ0v) is 26.6. The van der Waals surface area contributed by atoms with Crippen molar-refractivity contribution in [2.75, 3.05) is 0 Å². The summed E-state index contributed by atoms with van der Waals surface area (Å²) in [6, 6.07) is 60.4. The van der Waals surface area contributed by atoms with Crippen LogP contribution in [0.25, 0.3) is 76.8 Å². The Kier molecular flexibility index (Phi) is 6.80. The molecule has 0 radical (unpaired) electrons. The second-order valence-corrected chi connectivity index (χ2v) is 13.4. The first-order valence-electron chi connectivity index (χ1n) is 16.2. The van der Waals surface area contributed by atoms with E-state index in [1.54, 1.807) is 0 Å². The monoisotopic (exact) mass is 588 g/mol. The first-order chi connectivity index (χ1) is 22.4. The molecular formula is C46H36. The van der Waals surface area contributed by atoms with Crippen molar-refractivity contribution in [3.05, 3.63) is 169 Å². The van der Waals surface area contributed by atoms with Crippen LogP contribution in [-0.4, -0.2) is 0 Å². The molecule has 220 valence electrons. The molecule has 0 aliphatic carbocycles. The van der Waals surface area contributed by atoms with Crippen LogP contribution in [0.2, 0.25) is 0 Å². The Bertz CT molecular complexity index is 2350. The van der Waals surface area contributed by atoms with Crippen LogP contribution in [0.1, 0.15) is 26.3 Å². The number of rotatable bonds is 4. The SMILES string of the molecule is CC(C)(C)c1ccc2c(-c3ccc4ccccc4c3)c3cc(-c4ccccc4)ccc3c(-c3ccc(-c4ccccc4)cc3)c2c1. The van der Waals surface area contributed by atoms with Gasteiger partial charge in [-0.25, -0.2) is 0 Å². The third-order valence-corrected chi connectivity index (χ3v) is 9.41. The summed E-state index contributed by atoms with van der Waals surface area (Å²) in [5.41, 5.74) is 11.3. The number of benzene rings is 8. The Hall–Kier alpha value is -5.46. The molecule has 0 heteroatoms. The highest BCUT2D eigenvalue weighted by atomic mass is 14.2. The Morgan fingerprint density at radius 1 is 0.304 bits per heavy atom. The third kappa shape index (κ3) is 4.97. The highest BCUT2D eigenvalue weighted by Gasteiger charge is 2.21. The third-order valence-electron chi connectivity index (χ3n) is 9.41. The van der Waals surface area contributed by atoms with Gasteiger partial charge in [0, 0.05) is 0 Å². The van der Waals surface area contributed by atoms with Crippen LogP contribution in [0.5, 0.6) is 0 Å². The van der Waals surface area contributed by atoms with Gasteiger partial charge in [-0.15, -0.1) is 0 Å². The fourth-order valence-electron chi connectivity index (χ4n) is 6.93. The second kappa shape index (κ2) is 11.2.